The molecule has 0 fully saturated rings. The first-order valence-electron chi connectivity index (χ1n) is 9.60. The second-order valence-electron chi connectivity index (χ2n) is 7.55. The van der Waals surface area contributed by atoms with E-state index in [2.05, 4.69) is 17.3 Å². The minimum Gasteiger partial charge on any atom is -0.484 e. The zero-order chi connectivity index (χ0) is 20.3. The molecular weight excluding hydrogens is 374 g/mol. The quantitative estimate of drug-likeness (QED) is 0.790. The van der Waals surface area contributed by atoms with Crippen LogP contribution in [-0.4, -0.2) is 55.0 Å². The van der Waals surface area contributed by atoms with Crippen LogP contribution in [0.2, 0.25) is 5.02 Å². The summed E-state index contributed by atoms with van der Waals surface area (Å²) in [5.41, 5.74) is 2.64. The Hall–Kier alpha value is -2.24. The molecule has 0 aromatic heterocycles. The van der Waals surface area contributed by atoms with E-state index >= 15 is 0 Å². The first kappa shape index (κ1) is 20.5. The Morgan fingerprint density at radius 1 is 1.25 bits per heavy atom. The molecule has 0 bridgehead atoms. The van der Waals surface area contributed by atoms with E-state index in [1.807, 2.05) is 68.3 Å². The van der Waals surface area contributed by atoms with E-state index in [1.54, 1.807) is 0 Å². The van der Waals surface area contributed by atoms with Gasteiger partial charge in [0.2, 0.25) is 0 Å². The van der Waals surface area contributed by atoms with Crippen LogP contribution in [0.1, 0.15) is 29.8 Å². The van der Waals surface area contributed by atoms with Gasteiger partial charge in [0, 0.05) is 31.2 Å². The normalized spacial score (nSPS) is 16.8. The molecular formula is C22H28ClN3O2. The minimum atomic E-state index is -0.126. The van der Waals surface area contributed by atoms with E-state index in [-0.39, 0.29) is 18.1 Å². The van der Waals surface area contributed by atoms with Gasteiger partial charge >= 0.3 is 0 Å². The molecule has 28 heavy (non-hydrogen) atoms. The Kier molecular flexibility index (Phi) is 6.47. The van der Waals surface area contributed by atoms with Crippen molar-refractivity contribution < 1.29 is 9.53 Å². The third kappa shape index (κ3) is 4.59. The van der Waals surface area contributed by atoms with Crippen LogP contribution in [0.4, 0.5) is 5.69 Å². The second kappa shape index (κ2) is 8.84. The number of halogens is 1. The zero-order valence-corrected chi connectivity index (χ0v) is 17.7. The highest BCUT2D eigenvalue weighted by Crippen LogP contribution is 2.33. The molecule has 1 unspecified atom stereocenters. The molecule has 1 heterocycles. The summed E-state index contributed by atoms with van der Waals surface area (Å²) in [7, 11) is 3.91. The van der Waals surface area contributed by atoms with Gasteiger partial charge < -0.3 is 15.0 Å². The van der Waals surface area contributed by atoms with Gasteiger partial charge in [-0.2, -0.15) is 0 Å². The number of carbonyl (C=O) groups is 1. The molecule has 3 rings (SSSR count). The summed E-state index contributed by atoms with van der Waals surface area (Å²) in [6.45, 7) is 6.13. The monoisotopic (exact) mass is 401 g/mol. The maximum absolute atomic E-state index is 13.1. The van der Waals surface area contributed by atoms with Crippen molar-refractivity contribution in [2.75, 3.05) is 32.5 Å². The largest absolute Gasteiger partial charge is 0.484 e. The molecule has 1 atom stereocenters. The second-order valence-corrected chi connectivity index (χ2v) is 7.98. The number of ether oxygens (including phenoxy) is 1. The lowest BCUT2D eigenvalue weighted by atomic mass is 10.1. The van der Waals surface area contributed by atoms with Gasteiger partial charge in [-0.1, -0.05) is 29.8 Å². The predicted octanol–water partition coefficient (Wildman–Crippen LogP) is 4.13. The number of nitrogens with one attached hydrogen (secondary N) is 1. The van der Waals surface area contributed by atoms with Gasteiger partial charge in [0.15, 0.2) is 5.75 Å². The molecule has 6 heteroatoms. The highest BCUT2D eigenvalue weighted by atomic mass is 35.5. The fourth-order valence-corrected chi connectivity index (χ4v) is 3.67. The van der Waals surface area contributed by atoms with Crippen LogP contribution in [0.25, 0.3) is 0 Å². The number of carbonyl (C=O) groups excluding carboxylic acids is 1. The first-order valence-corrected chi connectivity index (χ1v) is 9.98. The van der Waals surface area contributed by atoms with Crippen molar-refractivity contribution in [1.29, 1.82) is 0 Å². The first-order chi connectivity index (χ1) is 13.4. The maximum atomic E-state index is 13.1. The molecule has 1 N–H and O–H groups in total. The van der Waals surface area contributed by atoms with Gasteiger partial charge in [0.1, 0.15) is 6.10 Å². The minimum absolute atomic E-state index is 0.0185. The Morgan fingerprint density at radius 2 is 1.96 bits per heavy atom. The number of amides is 1. The highest BCUT2D eigenvalue weighted by Gasteiger charge is 2.32. The van der Waals surface area contributed by atoms with Crippen molar-refractivity contribution in [2.24, 2.45) is 0 Å². The number of benzene rings is 2. The maximum Gasteiger partial charge on any atom is 0.258 e. The van der Waals surface area contributed by atoms with Crippen LogP contribution in [0, 0.1) is 0 Å². The summed E-state index contributed by atoms with van der Waals surface area (Å²) in [5, 5.41) is 3.88. The Morgan fingerprint density at radius 3 is 2.61 bits per heavy atom. The fourth-order valence-electron chi connectivity index (χ4n) is 3.54. The Balaban J connectivity index is 1.81. The van der Waals surface area contributed by atoms with E-state index in [0.717, 1.165) is 17.3 Å². The summed E-state index contributed by atoms with van der Waals surface area (Å²) in [6.07, 6.45) is -0.126. The van der Waals surface area contributed by atoms with Crippen LogP contribution in [-0.2, 0) is 6.54 Å². The van der Waals surface area contributed by atoms with Crippen molar-refractivity contribution in [2.45, 2.75) is 32.5 Å². The van der Waals surface area contributed by atoms with E-state index in [1.165, 1.54) is 5.56 Å². The van der Waals surface area contributed by atoms with Gasteiger partial charge in [0.25, 0.3) is 5.91 Å². The van der Waals surface area contributed by atoms with E-state index in [4.69, 9.17) is 16.3 Å². The zero-order valence-electron chi connectivity index (χ0n) is 16.9. The number of nitrogens with zero attached hydrogens (tertiary/aromatic N) is 2. The van der Waals surface area contributed by atoms with Crippen molar-refractivity contribution in [3.05, 3.63) is 58.6 Å². The standard InChI is InChI=1S/C22H28ClN3O2/c1-15(2)26-14-18(13-25(4)12-16-8-10-17(23)11-9-16)28-21-19(22(26)27)6-5-7-20(21)24-3/h5-11,15,18,24H,12-14H2,1-4H3. The number of rotatable bonds is 6. The van der Waals surface area contributed by atoms with Gasteiger partial charge in [-0.15, -0.1) is 0 Å². The Bertz CT molecular complexity index is 823. The molecule has 2 aromatic carbocycles. The van der Waals surface area contributed by atoms with Crippen LogP contribution in [0.15, 0.2) is 42.5 Å². The van der Waals surface area contributed by atoms with Gasteiger partial charge in [-0.25, -0.2) is 0 Å². The highest BCUT2D eigenvalue weighted by molar-refractivity contribution is 6.30. The van der Waals surface area contributed by atoms with Crippen molar-refractivity contribution in [3.63, 3.8) is 0 Å². The van der Waals surface area contributed by atoms with Crippen LogP contribution in [0.5, 0.6) is 5.75 Å². The van der Waals surface area contributed by atoms with Crippen LogP contribution < -0.4 is 10.1 Å². The summed E-state index contributed by atoms with van der Waals surface area (Å²) in [5.74, 6) is 0.660. The molecule has 1 amide bonds. The molecule has 0 aliphatic carbocycles. The smallest absolute Gasteiger partial charge is 0.258 e. The van der Waals surface area contributed by atoms with Crippen LogP contribution in [0.3, 0.4) is 0 Å². The summed E-state index contributed by atoms with van der Waals surface area (Å²) < 4.78 is 6.37. The van der Waals surface area contributed by atoms with Gasteiger partial charge in [-0.3, -0.25) is 9.69 Å². The van der Waals surface area contributed by atoms with Gasteiger partial charge in [0.05, 0.1) is 17.8 Å². The molecule has 150 valence electrons. The van der Waals surface area contributed by atoms with E-state index in [9.17, 15) is 4.79 Å². The van der Waals surface area contributed by atoms with E-state index in [0.29, 0.717) is 24.4 Å². The molecule has 1 aliphatic heterocycles. The van der Waals surface area contributed by atoms with Crippen molar-refractivity contribution in [1.82, 2.24) is 9.80 Å². The summed E-state index contributed by atoms with van der Waals surface area (Å²) >= 11 is 5.98. The number of hydrogen-bond acceptors (Lipinski definition) is 4. The molecule has 1 aliphatic rings. The summed E-state index contributed by atoms with van der Waals surface area (Å²) in [4.78, 5) is 17.2. The van der Waals surface area contributed by atoms with Gasteiger partial charge in [-0.05, 0) is 50.7 Å². The predicted molar refractivity (Wildman–Crippen MR) is 114 cm³/mol. The third-order valence-electron chi connectivity index (χ3n) is 4.96. The lowest BCUT2D eigenvalue weighted by Gasteiger charge is -2.30. The molecule has 5 nitrogen and oxygen atoms in total. The number of hydrogen-bond donors (Lipinski definition) is 1. The molecule has 0 radical (unpaired) electrons. The molecule has 0 saturated carbocycles. The molecule has 0 spiro atoms. The number of anilines is 1. The van der Waals surface area contributed by atoms with Crippen LogP contribution >= 0.6 is 11.6 Å². The average Bonchev–Trinajstić information content (AvgIpc) is 2.80. The third-order valence-corrected chi connectivity index (χ3v) is 5.22. The number of likely N-dealkylation sites (N-methyl/N-ethyl adjacent to an activating group) is 1. The number of para-hydroxylation sites is 1. The van der Waals surface area contributed by atoms with Crippen molar-refractivity contribution >= 4 is 23.2 Å². The lowest BCUT2D eigenvalue weighted by molar-refractivity contribution is 0.0605. The fraction of sp³-hybridized carbons (Fsp3) is 0.409. The molecule has 0 saturated heterocycles. The average molecular weight is 402 g/mol. The summed E-state index contributed by atoms with van der Waals surface area (Å²) in [6, 6.07) is 13.6. The molecule has 2 aromatic rings. The SMILES string of the molecule is CNc1cccc2c1OC(CN(C)Cc1ccc(Cl)cc1)CN(C(C)C)C2=O. The van der Waals surface area contributed by atoms with E-state index < -0.39 is 0 Å². The topological polar surface area (TPSA) is 44.8 Å². The van der Waals surface area contributed by atoms with Crippen molar-refractivity contribution in [3.8, 4) is 5.75 Å². The lowest BCUT2D eigenvalue weighted by Crippen LogP contribution is -2.45. The Labute approximate surface area is 172 Å². The number of fused-ring (bicyclic) bond motifs is 1.